The maximum atomic E-state index is 13.4. The highest BCUT2D eigenvalue weighted by molar-refractivity contribution is 8.26. The van der Waals surface area contributed by atoms with Gasteiger partial charge in [-0.15, -0.1) is 0 Å². The Morgan fingerprint density at radius 1 is 1.22 bits per heavy atom. The molecule has 1 amide bonds. The second-order valence-electron chi connectivity index (χ2n) is 9.37. The SMILES string of the molecule is CCCn1c(N2CCC(C)CC2)c(C=C2SC(=S)N(Cc3ccc(F)cc3)C2=O)c(C)c(C#N)c1=O. The van der Waals surface area contributed by atoms with E-state index in [0.29, 0.717) is 27.3 Å². The molecule has 0 saturated carbocycles. The summed E-state index contributed by atoms with van der Waals surface area (Å²) < 4.78 is 15.4. The molecule has 2 fully saturated rings. The van der Waals surface area contributed by atoms with Crippen molar-refractivity contribution in [2.45, 2.75) is 53.1 Å². The molecular formula is C27H29FN4O2S2. The van der Waals surface area contributed by atoms with E-state index in [0.717, 1.165) is 49.3 Å². The fourth-order valence-corrected chi connectivity index (χ4v) is 5.91. The molecule has 0 unspecified atom stereocenters. The molecule has 0 aliphatic carbocycles. The number of rotatable bonds is 6. The lowest BCUT2D eigenvalue weighted by atomic mass is 9.97. The molecule has 2 aliphatic rings. The molecule has 1 aromatic heterocycles. The van der Waals surface area contributed by atoms with Crippen LogP contribution in [0.1, 0.15) is 55.4 Å². The van der Waals surface area contributed by atoms with Crippen LogP contribution in [0.4, 0.5) is 10.2 Å². The number of aromatic nitrogens is 1. The number of carbonyl (C=O) groups excluding carboxylic acids is 1. The summed E-state index contributed by atoms with van der Waals surface area (Å²) in [6.07, 6.45) is 4.56. The van der Waals surface area contributed by atoms with E-state index >= 15 is 0 Å². The third-order valence-corrected chi connectivity index (χ3v) is 8.16. The average molecular weight is 525 g/mol. The smallest absolute Gasteiger partial charge is 0.270 e. The van der Waals surface area contributed by atoms with Crippen LogP contribution in [0, 0.1) is 30.0 Å². The van der Waals surface area contributed by atoms with Crippen molar-refractivity contribution < 1.29 is 9.18 Å². The van der Waals surface area contributed by atoms with Gasteiger partial charge in [-0.05, 0) is 61.4 Å². The van der Waals surface area contributed by atoms with E-state index in [1.54, 1.807) is 29.7 Å². The van der Waals surface area contributed by atoms with Gasteiger partial charge in [-0.25, -0.2) is 4.39 Å². The highest BCUT2D eigenvalue weighted by atomic mass is 32.2. The summed E-state index contributed by atoms with van der Waals surface area (Å²) in [6, 6.07) is 8.08. The number of piperidine rings is 1. The molecule has 0 atom stereocenters. The number of benzene rings is 1. The Balaban J connectivity index is 1.80. The first-order valence-electron chi connectivity index (χ1n) is 12.2. The quantitative estimate of drug-likeness (QED) is 0.382. The largest absolute Gasteiger partial charge is 0.357 e. The van der Waals surface area contributed by atoms with E-state index in [-0.39, 0.29) is 29.4 Å². The van der Waals surface area contributed by atoms with Crippen LogP contribution >= 0.6 is 24.0 Å². The van der Waals surface area contributed by atoms with Crippen molar-refractivity contribution in [1.29, 1.82) is 5.26 Å². The van der Waals surface area contributed by atoms with Crippen molar-refractivity contribution in [2.24, 2.45) is 5.92 Å². The molecule has 1 aromatic carbocycles. The molecule has 6 nitrogen and oxygen atoms in total. The second-order valence-corrected chi connectivity index (χ2v) is 11.0. The molecule has 188 valence electrons. The number of hydrogen-bond acceptors (Lipinski definition) is 6. The summed E-state index contributed by atoms with van der Waals surface area (Å²) in [5.74, 6) is 0.806. The highest BCUT2D eigenvalue weighted by Gasteiger charge is 2.33. The Kier molecular flexibility index (Phi) is 7.96. The molecule has 2 aliphatic heterocycles. The van der Waals surface area contributed by atoms with Gasteiger partial charge in [-0.1, -0.05) is 50.0 Å². The summed E-state index contributed by atoms with van der Waals surface area (Å²) in [5, 5.41) is 9.81. The van der Waals surface area contributed by atoms with Gasteiger partial charge >= 0.3 is 0 Å². The van der Waals surface area contributed by atoms with Crippen LogP contribution in [0.3, 0.4) is 0 Å². The van der Waals surface area contributed by atoms with Gasteiger partial charge in [-0.3, -0.25) is 19.1 Å². The van der Waals surface area contributed by atoms with Gasteiger partial charge in [0.25, 0.3) is 11.5 Å². The minimum atomic E-state index is -0.338. The van der Waals surface area contributed by atoms with Crippen molar-refractivity contribution >= 4 is 46.1 Å². The van der Waals surface area contributed by atoms with Crippen molar-refractivity contribution in [1.82, 2.24) is 9.47 Å². The molecule has 3 heterocycles. The molecule has 2 aromatic rings. The minimum absolute atomic E-state index is 0.102. The van der Waals surface area contributed by atoms with Gasteiger partial charge in [0, 0.05) is 25.2 Å². The Bertz CT molecular complexity index is 1320. The van der Waals surface area contributed by atoms with E-state index < -0.39 is 0 Å². The van der Waals surface area contributed by atoms with Crippen molar-refractivity contribution in [3.8, 4) is 6.07 Å². The number of hydrogen-bond donors (Lipinski definition) is 0. The van der Waals surface area contributed by atoms with Crippen LogP contribution in [0.5, 0.6) is 0 Å². The predicted octanol–water partition coefficient (Wildman–Crippen LogP) is 5.22. The minimum Gasteiger partial charge on any atom is -0.357 e. The monoisotopic (exact) mass is 524 g/mol. The van der Waals surface area contributed by atoms with E-state index in [4.69, 9.17) is 12.2 Å². The fraction of sp³-hybridized carbons (Fsp3) is 0.407. The number of pyridine rings is 1. The lowest BCUT2D eigenvalue weighted by Crippen LogP contribution is -2.39. The zero-order valence-corrected chi connectivity index (χ0v) is 22.3. The van der Waals surface area contributed by atoms with Crippen LogP contribution in [0.25, 0.3) is 6.08 Å². The van der Waals surface area contributed by atoms with Gasteiger partial charge in [-0.2, -0.15) is 5.26 Å². The highest BCUT2D eigenvalue weighted by Crippen LogP contribution is 2.37. The summed E-state index contributed by atoms with van der Waals surface area (Å²) in [7, 11) is 0. The van der Waals surface area contributed by atoms with Crippen molar-refractivity contribution in [2.75, 3.05) is 18.0 Å². The number of thioether (sulfide) groups is 1. The third kappa shape index (κ3) is 5.11. The number of nitriles is 1. The first-order valence-corrected chi connectivity index (χ1v) is 13.4. The van der Waals surface area contributed by atoms with E-state index in [1.807, 2.05) is 6.92 Å². The predicted molar refractivity (Wildman–Crippen MR) is 146 cm³/mol. The van der Waals surface area contributed by atoms with E-state index in [2.05, 4.69) is 17.9 Å². The molecule has 0 N–H and O–H groups in total. The summed E-state index contributed by atoms with van der Waals surface area (Å²) in [6.45, 7) is 8.36. The number of nitrogens with zero attached hydrogens (tertiary/aromatic N) is 4. The summed E-state index contributed by atoms with van der Waals surface area (Å²) in [4.78, 5) is 30.9. The lowest BCUT2D eigenvalue weighted by molar-refractivity contribution is -0.122. The summed E-state index contributed by atoms with van der Waals surface area (Å²) >= 11 is 6.72. The maximum absolute atomic E-state index is 13.4. The van der Waals surface area contributed by atoms with Crippen LogP contribution in [-0.4, -0.2) is 32.8 Å². The van der Waals surface area contributed by atoms with E-state index in [9.17, 15) is 19.2 Å². The topological polar surface area (TPSA) is 69.3 Å². The normalized spacial score (nSPS) is 17.8. The molecule has 0 spiro atoms. The Morgan fingerprint density at radius 3 is 2.50 bits per heavy atom. The third-order valence-electron chi connectivity index (χ3n) is 6.78. The van der Waals surface area contributed by atoms with Gasteiger partial charge < -0.3 is 4.90 Å². The van der Waals surface area contributed by atoms with Gasteiger partial charge in [0.05, 0.1) is 11.4 Å². The summed E-state index contributed by atoms with van der Waals surface area (Å²) in [5.41, 5.74) is 1.89. The van der Waals surface area contributed by atoms with Crippen molar-refractivity contribution in [3.05, 3.63) is 67.6 Å². The first-order chi connectivity index (χ1) is 17.2. The zero-order chi connectivity index (χ0) is 26.0. The molecule has 0 radical (unpaired) electrons. The molecule has 9 heteroatoms. The number of amides is 1. The first kappa shape index (κ1) is 26.1. The molecule has 4 rings (SSSR count). The Morgan fingerprint density at radius 2 is 1.89 bits per heavy atom. The van der Waals surface area contributed by atoms with Gasteiger partial charge in [0.15, 0.2) is 0 Å². The van der Waals surface area contributed by atoms with Crippen molar-refractivity contribution in [3.63, 3.8) is 0 Å². The molecule has 0 bridgehead atoms. The zero-order valence-electron chi connectivity index (χ0n) is 20.7. The standard InChI is InChI=1S/C27H29FN4O2S2/c1-4-11-31-24(30-12-9-17(2)10-13-30)21(18(3)22(15-29)25(31)33)14-23-26(34)32(27(35)36-23)16-19-5-7-20(28)8-6-19/h5-8,14,17H,4,9-13,16H2,1-3H3. The second kappa shape index (κ2) is 11.0. The number of anilines is 1. The number of halogens is 1. The Hall–Kier alpha value is -2.96. The number of thiocarbonyl (C=S) groups is 1. The van der Waals surface area contributed by atoms with E-state index in [1.165, 1.54) is 28.8 Å². The average Bonchev–Trinajstić information content (AvgIpc) is 3.12. The molecule has 2 saturated heterocycles. The molecule has 36 heavy (non-hydrogen) atoms. The van der Waals surface area contributed by atoms with Crippen LogP contribution in [0.15, 0.2) is 34.0 Å². The fourth-order valence-electron chi connectivity index (χ4n) is 4.68. The van der Waals surface area contributed by atoms with Gasteiger partial charge in [0.2, 0.25) is 0 Å². The number of carbonyl (C=O) groups is 1. The van der Waals surface area contributed by atoms with Gasteiger partial charge in [0.1, 0.15) is 27.6 Å². The van der Waals surface area contributed by atoms with Crippen LogP contribution in [-0.2, 0) is 17.9 Å². The maximum Gasteiger partial charge on any atom is 0.270 e. The van der Waals surface area contributed by atoms with Crippen LogP contribution in [0.2, 0.25) is 0 Å². The van der Waals surface area contributed by atoms with Crippen LogP contribution < -0.4 is 10.5 Å². The Labute approximate surface area is 220 Å². The molecular weight excluding hydrogens is 495 g/mol. The lowest BCUT2D eigenvalue weighted by Gasteiger charge is -2.35.